The van der Waals surface area contributed by atoms with Crippen molar-refractivity contribution < 1.29 is 29.6 Å². The zero-order chi connectivity index (χ0) is 17.5. The monoisotopic (exact) mass is 332 g/mol. The zero-order valence-corrected chi connectivity index (χ0v) is 14.2. The number of aliphatic hydroxyl groups excluding tert-OH is 2. The van der Waals surface area contributed by atoms with Crippen LogP contribution in [-0.2, 0) is 14.3 Å². The molecule has 2 unspecified atom stereocenters. The second kappa shape index (κ2) is 14.5. The van der Waals surface area contributed by atoms with Crippen LogP contribution in [-0.4, -0.2) is 46.1 Å². The van der Waals surface area contributed by atoms with Crippen molar-refractivity contribution in [2.45, 2.75) is 89.8 Å². The summed E-state index contributed by atoms with van der Waals surface area (Å²) in [6.45, 7) is 2.35. The Labute approximate surface area is 138 Å². The first kappa shape index (κ1) is 21.9. The van der Waals surface area contributed by atoms with Gasteiger partial charge in [-0.05, 0) is 6.42 Å². The van der Waals surface area contributed by atoms with Gasteiger partial charge in [-0.25, -0.2) is 9.59 Å². The van der Waals surface area contributed by atoms with Crippen molar-refractivity contribution in [2.75, 3.05) is 6.61 Å². The van der Waals surface area contributed by atoms with E-state index < -0.39 is 24.1 Å². The SMILES string of the molecule is CCCCCCCCCCCCCOC(=O)C(O)C(O)C(=O)O. The molecule has 0 aliphatic rings. The van der Waals surface area contributed by atoms with E-state index >= 15 is 0 Å². The van der Waals surface area contributed by atoms with E-state index in [2.05, 4.69) is 6.92 Å². The summed E-state index contributed by atoms with van der Waals surface area (Å²) in [7, 11) is 0. The quantitative estimate of drug-likeness (QED) is 0.314. The average Bonchev–Trinajstić information content (AvgIpc) is 2.54. The molecule has 0 spiro atoms. The van der Waals surface area contributed by atoms with Crippen molar-refractivity contribution in [1.29, 1.82) is 0 Å². The fourth-order valence-electron chi connectivity index (χ4n) is 2.29. The Morgan fingerprint density at radius 1 is 0.783 bits per heavy atom. The van der Waals surface area contributed by atoms with Gasteiger partial charge in [0.05, 0.1) is 6.61 Å². The predicted molar refractivity (Wildman–Crippen MR) is 87.1 cm³/mol. The van der Waals surface area contributed by atoms with E-state index in [9.17, 15) is 14.7 Å². The van der Waals surface area contributed by atoms with Gasteiger partial charge in [0.1, 0.15) is 0 Å². The van der Waals surface area contributed by atoms with Crippen LogP contribution in [0.5, 0.6) is 0 Å². The summed E-state index contributed by atoms with van der Waals surface area (Å²) in [5.41, 5.74) is 0. The Morgan fingerprint density at radius 3 is 1.65 bits per heavy atom. The minimum Gasteiger partial charge on any atom is -0.479 e. The first-order valence-electron chi connectivity index (χ1n) is 8.76. The molecular formula is C17H32O6. The smallest absolute Gasteiger partial charge is 0.338 e. The van der Waals surface area contributed by atoms with E-state index in [1.807, 2.05) is 0 Å². The molecule has 0 saturated carbocycles. The maximum Gasteiger partial charge on any atom is 0.338 e. The second-order valence-corrected chi connectivity index (χ2v) is 5.93. The van der Waals surface area contributed by atoms with Crippen LogP contribution in [0.15, 0.2) is 0 Å². The zero-order valence-electron chi connectivity index (χ0n) is 14.2. The number of aliphatic hydroxyl groups is 2. The Hall–Kier alpha value is -1.14. The molecule has 0 aromatic heterocycles. The van der Waals surface area contributed by atoms with E-state index in [0.717, 1.165) is 12.8 Å². The highest BCUT2D eigenvalue weighted by atomic mass is 16.5. The molecule has 136 valence electrons. The Morgan fingerprint density at radius 2 is 1.22 bits per heavy atom. The standard InChI is InChI=1S/C17H32O6/c1-2-3-4-5-6-7-8-9-10-11-12-13-23-17(22)15(19)14(18)16(20)21/h14-15,18-19H,2-13H2,1H3,(H,20,21). The Kier molecular flexibility index (Phi) is 13.7. The van der Waals surface area contributed by atoms with Gasteiger partial charge in [0.2, 0.25) is 0 Å². The Bertz CT molecular complexity index is 318. The van der Waals surface area contributed by atoms with Crippen molar-refractivity contribution in [1.82, 2.24) is 0 Å². The number of carboxylic acid groups (broad SMARTS) is 1. The van der Waals surface area contributed by atoms with Gasteiger partial charge in [0.15, 0.2) is 12.2 Å². The summed E-state index contributed by atoms with van der Waals surface area (Å²) in [6, 6.07) is 0. The van der Waals surface area contributed by atoms with E-state index in [4.69, 9.17) is 14.9 Å². The first-order valence-corrected chi connectivity index (χ1v) is 8.76. The second-order valence-electron chi connectivity index (χ2n) is 5.93. The molecule has 0 fully saturated rings. The number of carbonyl (C=O) groups excluding carboxylic acids is 1. The molecular weight excluding hydrogens is 300 g/mol. The lowest BCUT2D eigenvalue weighted by molar-refractivity contribution is -0.169. The molecule has 0 radical (unpaired) electrons. The molecule has 2 atom stereocenters. The van der Waals surface area contributed by atoms with Crippen LogP contribution in [0.4, 0.5) is 0 Å². The van der Waals surface area contributed by atoms with Crippen LogP contribution in [0, 0.1) is 0 Å². The lowest BCUT2D eigenvalue weighted by Crippen LogP contribution is -2.40. The van der Waals surface area contributed by atoms with E-state index in [0.29, 0.717) is 6.42 Å². The number of esters is 1. The van der Waals surface area contributed by atoms with Gasteiger partial charge in [0, 0.05) is 0 Å². The van der Waals surface area contributed by atoms with Gasteiger partial charge < -0.3 is 20.1 Å². The molecule has 0 aliphatic heterocycles. The molecule has 6 heteroatoms. The number of carboxylic acids is 1. The fraction of sp³-hybridized carbons (Fsp3) is 0.882. The van der Waals surface area contributed by atoms with Gasteiger partial charge in [-0.15, -0.1) is 0 Å². The summed E-state index contributed by atoms with van der Waals surface area (Å²) < 4.78 is 4.75. The molecule has 0 aromatic rings. The normalized spacial score (nSPS) is 13.5. The summed E-state index contributed by atoms with van der Waals surface area (Å²) in [4.78, 5) is 21.7. The lowest BCUT2D eigenvalue weighted by atomic mass is 10.1. The molecule has 3 N–H and O–H groups in total. The molecule has 6 nitrogen and oxygen atoms in total. The van der Waals surface area contributed by atoms with Gasteiger partial charge in [-0.3, -0.25) is 0 Å². The first-order chi connectivity index (χ1) is 11.0. The third-order valence-corrected chi connectivity index (χ3v) is 3.79. The van der Waals surface area contributed by atoms with Crippen molar-refractivity contribution in [3.8, 4) is 0 Å². The molecule has 0 rings (SSSR count). The van der Waals surface area contributed by atoms with Crippen LogP contribution in [0.2, 0.25) is 0 Å². The summed E-state index contributed by atoms with van der Waals surface area (Å²) in [5.74, 6) is -2.74. The summed E-state index contributed by atoms with van der Waals surface area (Å²) in [5, 5.41) is 26.7. The van der Waals surface area contributed by atoms with Crippen molar-refractivity contribution in [3.05, 3.63) is 0 Å². The topological polar surface area (TPSA) is 104 Å². The molecule has 0 amide bonds. The number of carbonyl (C=O) groups is 2. The molecule has 23 heavy (non-hydrogen) atoms. The van der Waals surface area contributed by atoms with Crippen molar-refractivity contribution in [3.63, 3.8) is 0 Å². The predicted octanol–water partition coefficient (Wildman–Crippen LogP) is 2.65. The number of hydrogen-bond acceptors (Lipinski definition) is 5. The van der Waals surface area contributed by atoms with Crippen LogP contribution in [0.1, 0.15) is 77.6 Å². The maximum absolute atomic E-state index is 11.3. The number of ether oxygens (including phenoxy) is 1. The average molecular weight is 332 g/mol. The van der Waals surface area contributed by atoms with Crippen LogP contribution in [0.3, 0.4) is 0 Å². The molecule has 0 bridgehead atoms. The van der Waals surface area contributed by atoms with E-state index in [-0.39, 0.29) is 6.61 Å². The molecule has 0 heterocycles. The van der Waals surface area contributed by atoms with Gasteiger partial charge in [-0.2, -0.15) is 0 Å². The minimum absolute atomic E-state index is 0.138. The van der Waals surface area contributed by atoms with E-state index in [1.54, 1.807) is 0 Å². The Balaban J connectivity index is 3.39. The number of aliphatic carboxylic acids is 1. The minimum atomic E-state index is -2.14. The molecule has 0 saturated heterocycles. The maximum atomic E-state index is 11.3. The van der Waals surface area contributed by atoms with Crippen molar-refractivity contribution >= 4 is 11.9 Å². The van der Waals surface area contributed by atoms with Crippen LogP contribution in [0.25, 0.3) is 0 Å². The number of hydrogen-bond donors (Lipinski definition) is 3. The molecule has 0 aromatic carbocycles. The summed E-state index contributed by atoms with van der Waals surface area (Å²) in [6.07, 6.45) is 8.77. The summed E-state index contributed by atoms with van der Waals surface area (Å²) >= 11 is 0. The fourth-order valence-corrected chi connectivity index (χ4v) is 2.29. The van der Waals surface area contributed by atoms with Gasteiger partial charge >= 0.3 is 11.9 Å². The van der Waals surface area contributed by atoms with Crippen molar-refractivity contribution in [2.24, 2.45) is 0 Å². The lowest BCUT2D eigenvalue weighted by Gasteiger charge is -2.13. The third-order valence-electron chi connectivity index (χ3n) is 3.79. The highest BCUT2D eigenvalue weighted by molar-refractivity contribution is 5.84. The highest BCUT2D eigenvalue weighted by Crippen LogP contribution is 2.11. The molecule has 0 aliphatic carbocycles. The van der Waals surface area contributed by atoms with Crippen LogP contribution < -0.4 is 0 Å². The van der Waals surface area contributed by atoms with Gasteiger partial charge in [-0.1, -0.05) is 71.1 Å². The number of rotatable bonds is 15. The number of unbranched alkanes of at least 4 members (excludes halogenated alkanes) is 10. The van der Waals surface area contributed by atoms with E-state index in [1.165, 1.54) is 51.4 Å². The highest BCUT2D eigenvalue weighted by Gasteiger charge is 2.31. The largest absolute Gasteiger partial charge is 0.479 e. The van der Waals surface area contributed by atoms with Gasteiger partial charge in [0.25, 0.3) is 0 Å². The third kappa shape index (κ3) is 12.0. The van der Waals surface area contributed by atoms with Crippen LogP contribution >= 0.6 is 0 Å².